The Morgan fingerprint density at radius 2 is 1.84 bits per heavy atom. The lowest BCUT2D eigenvalue weighted by atomic mass is 10.1. The molecule has 11 nitrogen and oxygen atoms in total. The first kappa shape index (κ1) is 30.7. The fourth-order valence-electron chi connectivity index (χ4n) is 3.09. The van der Waals surface area contributed by atoms with E-state index in [1.807, 2.05) is 0 Å². The zero-order valence-corrected chi connectivity index (χ0v) is 22.7. The summed E-state index contributed by atoms with van der Waals surface area (Å²) in [5.41, 5.74) is -2.09. The number of rotatable bonds is 11. The number of aryl methyl sites for hydroxylation is 2. The first-order chi connectivity index (χ1) is 17.6. The van der Waals surface area contributed by atoms with Crippen LogP contribution in [0.4, 0.5) is 29.3 Å². The zero-order valence-electron chi connectivity index (χ0n) is 21.9. The van der Waals surface area contributed by atoms with Gasteiger partial charge in [0.05, 0.1) is 12.8 Å². The van der Waals surface area contributed by atoms with Gasteiger partial charge in [0.1, 0.15) is 0 Å². The Morgan fingerprint density at radius 1 is 1.18 bits per heavy atom. The summed E-state index contributed by atoms with van der Waals surface area (Å²) in [4.78, 5) is 23.4. The van der Waals surface area contributed by atoms with Crippen LogP contribution in [0.15, 0.2) is 29.3 Å². The highest BCUT2D eigenvalue weighted by molar-refractivity contribution is 7.93. The van der Waals surface area contributed by atoms with Crippen molar-refractivity contribution in [2.75, 3.05) is 29.9 Å². The molecule has 0 unspecified atom stereocenters. The molecule has 0 saturated carbocycles. The summed E-state index contributed by atoms with van der Waals surface area (Å²) in [6.07, 6.45) is -4.52. The van der Waals surface area contributed by atoms with Crippen molar-refractivity contribution in [3.8, 4) is 5.88 Å². The summed E-state index contributed by atoms with van der Waals surface area (Å²) < 4.78 is 83.7. The van der Waals surface area contributed by atoms with Crippen molar-refractivity contribution >= 4 is 33.5 Å². The third-order valence-corrected chi connectivity index (χ3v) is 7.12. The molecule has 0 bridgehead atoms. The molecule has 15 heteroatoms. The molecule has 2 aromatic rings. The van der Waals surface area contributed by atoms with Crippen molar-refractivity contribution < 1.29 is 45.4 Å². The Balaban J connectivity index is 2.47. The molecule has 0 aliphatic heterocycles. The van der Waals surface area contributed by atoms with E-state index in [0.717, 1.165) is 11.4 Å². The first-order valence-corrected chi connectivity index (χ1v) is 13.0. The van der Waals surface area contributed by atoms with Gasteiger partial charge in [-0.15, -0.1) is 5.10 Å². The lowest BCUT2D eigenvalue weighted by Gasteiger charge is -2.28. The molecule has 0 saturated heterocycles. The van der Waals surface area contributed by atoms with Gasteiger partial charge in [-0.25, -0.2) is 18.0 Å². The minimum atomic E-state index is -4.80. The lowest BCUT2D eigenvalue weighted by molar-refractivity contribution is -0.242. The number of aromatic nitrogens is 2. The number of anilines is 2. The van der Waals surface area contributed by atoms with Gasteiger partial charge in [-0.1, -0.05) is 13.0 Å². The average Bonchev–Trinajstić information content (AvgIpc) is 3.25. The van der Waals surface area contributed by atoms with E-state index in [9.17, 15) is 31.2 Å². The Kier molecular flexibility index (Phi) is 9.64. The Labute approximate surface area is 218 Å². The number of esters is 1. The summed E-state index contributed by atoms with van der Waals surface area (Å²) in [5, 5.41) is 6.30. The number of sulfonamides is 1. The van der Waals surface area contributed by atoms with E-state index in [1.165, 1.54) is 29.1 Å². The van der Waals surface area contributed by atoms with Crippen LogP contribution in [0.25, 0.3) is 0 Å². The normalized spacial score (nSPS) is 12.1. The molecule has 1 aromatic carbocycles. The maximum absolute atomic E-state index is 13.8. The van der Waals surface area contributed by atoms with Crippen LogP contribution in [0.3, 0.4) is 0 Å². The number of amides is 1. The van der Waals surface area contributed by atoms with Crippen molar-refractivity contribution in [3.63, 3.8) is 0 Å². The van der Waals surface area contributed by atoms with Gasteiger partial charge >= 0.3 is 18.2 Å². The standard InChI is InChI=1S/C23H31F3N4O7S/c1-7-11-30(38(33,34)18-13-29(8-2)28-20(18)36-14-19(31)35-6)17-12-16(10-9-15(17)3)27-21(32)37-22(4,5)23(24,25)26/h9-10,12-13H,7-8,11,14H2,1-6H3,(H,27,32). The molecule has 0 fully saturated rings. The molecular formula is C23H31F3N4O7S. The maximum atomic E-state index is 13.8. The maximum Gasteiger partial charge on any atom is 0.427 e. The van der Waals surface area contributed by atoms with Gasteiger partial charge in [-0.3, -0.25) is 14.3 Å². The highest BCUT2D eigenvalue weighted by atomic mass is 32.2. The third-order valence-electron chi connectivity index (χ3n) is 5.32. The highest BCUT2D eigenvalue weighted by Crippen LogP contribution is 2.35. The van der Waals surface area contributed by atoms with Gasteiger partial charge in [-0.05, 0) is 51.8 Å². The Bertz CT molecular complexity index is 1260. The van der Waals surface area contributed by atoms with E-state index in [1.54, 1.807) is 20.8 Å². The Morgan fingerprint density at radius 3 is 2.39 bits per heavy atom. The van der Waals surface area contributed by atoms with E-state index in [0.29, 0.717) is 32.4 Å². The SMILES string of the molecule is CCCN(c1cc(NC(=O)OC(C)(C)C(F)(F)F)ccc1C)S(=O)(=O)c1cn(CC)nc1OCC(=O)OC. The topological polar surface area (TPSA) is 129 Å². The van der Waals surface area contributed by atoms with Crippen LogP contribution in [0, 0.1) is 6.92 Å². The van der Waals surface area contributed by atoms with Gasteiger partial charge in [0.15, 0.2) is 11.5 Å². The number of methoxy groups -OCH3 is 1. The molecule has 0 radical (unpaired) electrons. The number of nitrogens with one attached hydrogen (secondary N) is 1. The van der Waals surface area contributed by atoms with Crippen molar-refractivity contribution in [1.29, 1.82) is 0 Å². The number of nitrogens with zero attached hydrogens (tertiary/aromatic N) is 3. The van der Waals surface area contributed by atoms with Crippen LogP contribution in [0.2, 0.25) is 0 Å². The lowest BCUT2D eigenvalue weighted by Crippen LogP contribution is -2.44. The number of ether oxygens (including phenoxy) is 3. The molecular weight excluding hydrogens is 533 g/mol. The van der Waals surface area contributed by atoms with Crippen LogP contribution < -0.4 is 14.4 Å². The minimum Gasteiger partial charge on any atom is -0.466 e. The number of carbonyl (C=O) groups excluding carboxylic acids is 2. The number of hydrogen-bond donors (Lipinski definition) is 1. The molecule has 0 aliphatic rings. The van der Waals surface area contributed by atoms with Gasteiger partial charge in [0.2, 0.25) is 5.60 Å². The number of alkyl halides is 3. The average molecular weight is 565 g/mol. The molecule has 38 heavy (non-hydrogen) atoms. The molecule has 2 rings (SSSR count). The summed E-state index contributed by atoms with van der Waals surface area (Å²) >= 11 is 0. The van der Waals surface area contributed by atoms with Gasteiger partial charge in [-0.2, -0.15) is 13.2 Å². The predicted molar refractivity (Wildman–Crippen MR) is 132 cm³/mol. The number of benzene rings is 1. The molecule has 1 aromatic heterocycles. The smallest absolute Gasteiger partial charge is 0.427 e. The van der Waals surface area contributed by atoms with E-state index in [-0.39, 0.29) is 28.7 Å². The summed E-state index contributed by atoms with van der Waals surface area (Å²) in [6.45, 7) is 6.28. The van der Waals surface area contributed by atoms with Crippen LogP contribution in [-0.4, -0.2) is 62.3 Å². The second-order valence-electron chi connectivity index (χ2n) is 8.62. The molecule has 212 valence electrons. The van der Waals surface area contributed by atoms with E-state index in [2.05, 4.69) is 19.9 Å². The summed E-state index contributed by atoms with van der Waals surface area (Å²) in [7, 11) is -3.17. The molecule has 0 spiro atoms. The zero-order chi connectivity index (χ0) is 28.9. The van der Waals surface area contributed by atoms with Crippen LogP contribution >= 0.6 is 0 Å². The second kappa shape index (κ2) is 11.9. The predicted octanol–water partition coefficient (Wildman–Crippen LogP) is 4.26. The van der Waals surface area contributed by atoms with E-state index < -0.39 is 40.5 Å². The Hall–Kier alpha value is -3.49. The minimum absolute atomic E-state index is 0.00588. The van der Waals surface area contributed by atoms with Crippen molar-refractivity contribution in [3.05, 3.63) is 30.0 Å². The number of carbonyl (C=O) groups is 2. The van der Waals surface area contributed by atoms with Gasteiger partial charge < -0.3 is 14.2 Å². The van der Waals surface area contributed by atoms with Crippen molar-refractivity contribution in [2.24, 2.45) is 0 Å². The monoisotopic (exact) mass is 564 g/mol. The highest BCUT2D eigenvalue weighted by Gasteiger charge is 2.51. The molecule has 0 atom stereocenters. The van der Waals surface area contributed by atoms with E-state index >= 15 is 0 Å². The first-order valence-electron chi connectivity index (χ1n) is 11.5. The summed E-state index contributed by atoms with van der Waals surface area (Å²) in [6, 6.07) is 4.21. The van der Waals surface area contributed by atoms with Gasteiger partial charge in [0.25, 0.3) is 15.9 Å². The number of hydrogen-bond acceptors (Lipinski definition) is 8. The van der Waals surface area contributed by atoms with Crippen LogP contribution in [0.5, 0.6) is 5.88 Å². The largest absolute Gasteiger partial charge is 0.466 e. The van der Waals surface area contributed by atoms with E-state index in [4.69, 9.17) is 4.74 Å². The fourth-order valence-corrected chi connectivity index (χ4v) is 4.78. The number of halogens is 3. The third kappa shape index (κ3) is 7.08. The molecule has 1 amide bonds. The van der Waals surface area contributed by atoms with Crippen molar-refractivity contribution in [1.82, 2.24) is 9.78 Å². The van der Waals surface area contributed by atoms with Crippen molar-refractivity contribution in [2.45, 2.75) is 64.3 Å². The second-order valence-corrected chi connectivity index (χ2v) is 10.5. The molecule has 1 N–H and O–H groups in total. The van der Waals surface area contributed by atoms with Crippen LogP contribution in [-0.2, 0) is 30.8 Å². The molecule has 1 heterocycles. The summed E-state index contributed by atoms with van der Waals surface area (Å²) in [5.74, 6) is -1.04. The fraction of sp³-hybridized carbons (Fsp3) is 0.522. The molecule has 0 aliphatic carbocycles. The van der Waals surface area contributed by atoms with Crippen LogP contribution in [0.1, 0.15) is 39.7 Å². The van der Waals surface area contributed by atoms with Gasteiger partial charge in [0, 0.05) is 25.0 Å². The quantitative estimate of drug-likeness (QED) is 0.401.